The Balaban J connectivity index is 1.97. The van der Waals surface area contributed by atoms with E-state index in [-0.39, 0.29) is 19.1 Å². The van der Waals surface area contributed by atoms with Crippen LogP contribution in [0.3, 0.4) is 0 Å². The third-order valence-electron chi connectivity index (χ3n) is 3.20. The number of ether oxygens (including phenoxy) is 2. The minimum Gasteiger partial charge on any atom is -0.484 e. The van der Waals surface area contributed by atoms with Crippen LogP contribution in [0, 0.1) is 0 Å². The van der Waals surface area contributed by atoms with Gasteiger partial charge in [-0.1, -0.05) is 11.6 Å². The van der Waals surface area contributed by atoms with Gasteiger partial charge in [-0.3, -0.25) is 4.79 Å². The van der Waals surface area contributed by atoms with E-state index >= 15 is 0 Å². The maximum atomic E-state index is 12.2. The van der Waals surface area contributed by atoms with Crippen LogP contribution in [0.2, 0.25) is 5.02 Å². The zero-order valence-electron chi connectivity index (χ0n) is 11.4. The molecule has 0 N–H and O–H groups in total. The zero-order valence-corrected chi connectivity index (χ0v) is 12.1. The predicted molar refractivity (Wildman–Crippen MR) is 73.7 cm³/mol. The van der Waals surface area contributed by atoms with Gasteiger partial charge in [-0.2, -0.15) is 0 Å². The standard InChI is InChI=1S/C14H16ClNO4/c1-14(2)13(18)19-8-7-16(14)12(17)9-20-11-5-3-10(15)4-6-11/h3-6H,7-9H2,1-2H3. The maximum absolute atomic E-state index is 12.2. The Labute approximate surface area is 122 Å². The monoisotopic (exact) mass is 297 g/mol. The number of amides is 1. The summed E-state index contributed by atoms with van der Waals surface area (Å²) in [7, 11) is 0. The fraction of sp³-hybridized carbons (Fsp3) is 0.429. The van der Waals surface area contributed by atoms with Crippen LogP contribution in [-0.4, -0.2) is 42.1 Å². The lowest BCUT2D eigenvalue weighted by molar-refractivity contribution is -0.172. The molecule has 1 heterocycles. The summed E-state index contributed by atoms with van der Waals surface area (Å²) >= 11 is 5.77. The van der Waals surface area contributed by atoms with Gasteiger partial charge in [0.1, 0.15) is 17.9 Å². The molecule has 1 saturated heterocycles. The lowest BCUT2D eigenvalue weighted by atomic mass is 10.0. The number of carbonyl (C=O) groups excluding carboxylic acids is 2. The Morgan fingerprint density at radius 2 is 2.05 bits per heavy atom. The summed E-state index contributed by atoms with van der Waals surface area (Å²) in [5, 5.41) is 0.601. The molecule has 0 radical (unpaired) electrons. The lowest BCUT2D eigenvalue weighted by Crippen LogP contribution is -2.59. The molecule has 1 aromatic carbocycles. The minimum absolute atomic E-state index is 0.127. The second kappa shape index (κ2) is 5.71. The summed E-state index contributed by atoms with van der Waals surface area (Å²) in [5.41, 5.74) is -0.960. The van der Waals surface area contributed by atoms with Crippen molar-refractivity contribution in [3.8, 4) is 5.75 Å². The molecule has 6 heteroatoms. The Morgan fingerprint density at radius 3 is 2.70 bits per heavy atom. The molecule has 1 fully saturated rings. The molecular weight excluding hydrogens is 282 g/mol. The highest BCUT2D eigenvalue weighted by Crippen LogP contribution is 2.21. The molecular formula is C14H16ClNO4. The van der Waals surface area contributed by atoms with Gasteiger partial charge < -0.3 is 14.4 Å². The van der Waals surface area contributed by atoms with Crippen molar-refractivity contribution in [2.24, 2.45) is 0 Å². The van der Waals surface area contributed by atoms with Crippen LogP contribution in [0.25, 0.3) is 0 Å². The third-order valence-corrected chi connectivity index (χ3v) is 3.45. The number of nitrogens with zero attached hydrogens (tertiary/aromatic N) is 1. The highest BCUT2D eigenvalue weighted by molar-refractivity contribution is 6.30. The fourth-order valence-electron chi connectivity index (χ4n) is 1.99. The van der Waals surface area contributed by atoms with Crippen LogP contribution in [-0.2, 0) is 14.3 Å². The van der Waals surface area contributed by atoms with Gasteiger partial charge in [-0.25, -0.2) is 4.79 Å². The van der Waals surface area contributed by atoms with E-state index in [9.17, 15) is 9.59 Å². The Hall–Kier alpha value is -1.75. The molecule has 0 atom stereocenters. The molecule has 1 amide bonds. The summed E-state index contributed by atoms with van der Waals surface area (Å²) in [4.78, 5) is 25.3. The second-order valence-corrected chi connectivity index (χ2v) is 5.42. The molecule has 2 rings (SSSR count). The first-order valence-electron chi connectivity index (χ1n) is 6.27. The average Bonchev–Trinajstić information content (AvgIpc) is 2.41. The van der Waals surface area contributed by atoms with E-state index in [2.05, 4.69) is 0 Å². The number of benzene rings is 1. The smallest absolute Gasteiger partial charge is 0.331 e. The molecule has 20 heavy (non-hydrogen) atoms. The van der Waals surface area contributed by atoms with E-state index in [0.717, 1.165) is 0 Å². The van der Waals surface area contributed by atoms with Gasteiger partial charge in [0.15, 0.2) is 6.61 Å². The average molecular weight is 298 g/mol. The first-order valence-corrected chi connectivity index (χ1v) is 6.65. The van der Waals surface area contributed by atoms with Crippen molar-refractivity contribution in [2.45, 2.75) is 19.4 Å². The van der Waals surface area contributed by atoms with Crippen molar-refractivity contribution in [1.29, 1.82) is 0 Å². The van der Waals surface area contributed by atoms with Crippen molar-refractivity contribution >= 4 is 23.5 Å². The topological polar surface area (TPSA) is 55.8 Å². The number of morpholine rings is 1. The van der Waals surface area contributed by atoms with Crippen LogP contribution in [0.1, 0.15) is 13.8 Å². The number of cyclic esters (lactones) is 1. The second-order valence-electron chi connectivity index (χ2n) is 4.98. The van der Waals surface area contributed by atoms with Gasteiger partial charge in [0.2, 0.25) is 0 Å². The van der Waals surface area contributed by atoms with Gasteiger partial charge in [-0.05, 0) is 38.1 Å². The molecule has 0 spiro atoms. The molecule has 5 nitrogen and oxygen atoms in total. The van der Waals surface area contributed by atoms with Gasteiger partial charge >= 0.3 is 5.97 Å². The van der Waals surface area contributed by atoms with E-state index in [1.165, 1.54) is 4.90 Å². The van der Waals surface area contributed by atoms with Crippen LogP contribution in [0.4, 0.5) is 0 Å². The molecule has 108 valence electrons. The SMILES string of the molecule is CC1(C)C(=O)OCCN1C(=O)COc1ccc(Cl)cc1. The van der Waals surface area contributed by atoms with Crippen LogP contribution >= 0.6 is 11.6 Å². The number of hydrogen-bond donors (Lipinski definition) is 0. The molecule has 1 aromatic rings. The summed E-state index contributed by atoms with van der Waals surface area (Å²) in [6, 6.07) is 6.74. The molecule has 1 aliphatic heterocycles. The van der Waals surface area contributed by atoms with E-state index in [0.29, 0.717) is 17.3 Å². The largest absolute Gasteiger partial charge is 0.484 e. The van der Waals surface area contributed by atoms with Gasteiger partial charge in [0.05, 0.1) is 6.54 Å². The third kappa shape index (κ3) is 3.04. The van der Waals surface area contributed by atoms with Crippen molar-refractivity contribution in [2.75, 3.05) is 19.8 Å². The number of esters is 1. The molecule has 0 bridgehead atoms. The van der Waals surface area contributed by atoms with Crippen LogP contribution in [0.15, 0.2) is 24.3 Å². The quantitative estimate of drug-likeness (QED) is 0.800. The van der Waals surface area contributed by atoms with E-state index in [1.54, 1.807) is 38.1 Å². The van der Waals surface area contributed by atoms with Crippen molar-refractivity contribution in [1.82, 2.24) is 4.90 Å². The van der Waals surface area contributed by atoms with E-state index in [1.807, 2.05) is 0 Å². The summed E-state index contributed by atoms with van der Waals surface area (Å²) in [6.45, 7) is 3.79. The number of hydrogen-bond acceptors (Lipinski definition) is 4. The minimum atomic E-state index is -0.960. The van der Waals surface area contributed by atoms with Crippen LogP contribution in [0.5, 0.6) is 5.75 Å². The molecule has 0 saturated carbocycles. The van der Waals surface area contributed by atoms with Crippen molar-refractivity contribution in [3.05, 3.63) is 29.3 Å². The maximum Gasteiger partial charge on any atom is 0.331 e. The predicted octanol–water partition coefficient (Wildman–Crippen LogP) is 1.88. The number of carbonyl (C=O) groups is 2. The molecule has 0 unspecified atom stereocenters. The van der Waals surface area contributed by atoms with E-state index < -0.39 is 11.5 Å². The molecule has 0 aliphatic carbocycles. The van der Waals surface area contributed by atoms with Crippen molar-refractivity contribution < 1.29 is 19.1 Å². The lowest BCUT2D eigenvalue weighted by Gasteiger charge is -2.39. The zero-order chi connectivity index (χ0) is 14.8. The molecule has 1 aliphatic rings. The first-order chi connectivity index (χ1) is 9.41. The Bertz CT molecular complexity index is 512. The Kier molecular flexibility index (Phi) is 4.18. The van der Waals surface area contributed by atoms with Crippen molar-refractivity contribution in [3.63, 3.8) is 0 Å². The summed E-state index contributed by atoms with van der Waals surface area (Å²) in [5.74, 6) is -0.0923. The molecule has 0 aromatic heterocycles. The normalized spacial score (nSPS) is 17.6. The highest BCUT2D eigenvalue weighted by atomic mass is 35.5. The van der Waals surface area contributed by atoms with Gasteiger partial charge in [0.25, 0.3) is 5.91 Å². The van der Waals surface area contributed by atoms with E-state index in [4.69, 9.17) is 21.1 Å². The highest BCUT2D eigenvalue weighted by Gasteiger charge is 2.42. The Morgan fingerprint density at radius 1 is 1.40 bits per heavy atom. The van der Waals surface area contributed by atoms with Crippen LogP contribution < -0.4 is 4.74 Å². The summed E-state index contributed by atoms with van der Waals surface area (Å²) in [6.07, 6.45) is 0. The number of rotatable bonds is 3. The first kappa shape index (κ1) is 14.7. The van der Waals surface area contributed by atoms with Gasteiger partial charge in [-0.15, -0.1) is 0 Å². The fourth-order valence-corrected chi connectivity index (χ4v) is 2.11. The summed E-state index contributed by atoms with van der Waals surface area (Å²) < 4.78 is 10.4. The van der Waals surface area contributed by atoms with Gasteiger partial charge in [0, 0.05) is 5.02 Å². The number of halogens is 1.